The predicted molar refractivity (Wildman–Crippen MR) is 89.1 cm³/mol. The number of benzene rings is 2. The molecule has 4 nitrogen and oxygen atoms in total. The van der Waals surface area contributed by atoms with Crippen LogP contribution in [0.1, 0.15) is 12.5 Å². The predicted octanol–water partition coefficient (Wildman–Crippen LogP) is 3.01. The molecule has 22 heavy (non-hydrogen) atoms. The third-order valence-corrected chi connectivity index (χ3v) is 3.50. The smallest absolute Gasteiger partial charge is 0.246 e. The Morgan fingerprint density at radius 2 is 1.59 bits per heavy atom. The van der Waals surface area contributed by atoms with Crippen molar-refractivity contribution in [3.05, 3.63) is 60.2 Å². The van der Waals surface area contributed by atoms with Crippen molar-refractivity contribution >= 4 is 23.2 Å². The van der Waals surface area contributed by atoms with Crippen molar-refractivity contribution in [2.45, 2.75) is 13.8 Å². The van der Waals surface area contributed by atoms with Crippen LogP contribution in [0.25, 0.3) is 0 Å². The number of para-hydroxylation sites is 1. The lowest BCUT2D eigenvalue weighted by Crippen LogP contribution is -2.40. The maximum Gasteiger partial charge on any atom is 0.246 e. The molecule has 114 valence electrons. The van der Waals surface area contributed by atoms with E-state index >= 15 is 0 Å². The monoisotopic (exact) mass is 296 g/mol. The molecule has 2 aromatic carbocycles. The van der Waals surface area contributed by atoms with Gasteiger partial charge < -0.3 is 9.80 Å². The first-order valence-electron chi connectivity index (χ1n) is 7.15. The minimum Gasteiger partial charge on any atom is -0.314 e. The van der Waals surface area contributed by atoms with E-state index in [0.717, 1.165) is 16.9 Å². The first kappa shape index (κ1) is 15.8. The summed E-state index contributed by atoms with van der Waals surface area (Å²) >= 11 is 0. The van der Waals surface area contributed by atoms with Crippen molar-refractivity contribution in [3.8, 4) is 0 Å². The van der Waals surface area contributed by atoms with Crippen LogP contribution in [0.3, 0.4) is 0 Å². The fraction of sp³-hybridized carbons (Fsp3) is 0.222. The van der Waals surface area contributed by atoms with Gasteiger partial charge in [0, 0.05) is 25.3 Å². The van der Waals surface area contributed by atoms with Crippen molar-refractivity contribution in [2.75, 3.05) is 23.4 Å². The molecule has 2 aromatic rings. The first-order chi connectivity index (χ1) is 10.5. The van der Waals surface area contributed by atoms with Gasteiger partial charge in [0.2, 0.25) is 11.8 Å². The lowest BCUT2D eigenvalue weighted by molar-refractivity contribution is -0.121. The van der Waals surface area contributed by atoms with E-state index < -0.39 is 0 Å². The average molecular weight is 296 g/mol. The Bertz CT molecular complexity index is 668. The second-order valence-corrected chi connectivity index (χ2v) is 5.23. The summed E-state index contributed by atoms with van der Waals surface area (Å²) < 4.78 is 0. The van der Waals surface area contributed by atoms with Gasteiger partial charge in [0.05, 0.1) is 0 Å². The highest BCUT2D eigenvalue weighted by molar-refractivity contribution is 6.02. The van der Waals surface area contributed by atoms with Gasteiger partial charge in [0.1, 0.15) is 6.54 Å². The summed E-state index contributed by atoms with van der Waals surface area (Å²) in [7, 11) is 1.71. The van der Waals surface area contributed by atoms with Crippen LogP contribution in [0.5, 0.6) is 0 Å². The molecule has 0 bridgehead atoms. The highest BCUT2D eigenvalue weighted by atomic mass is 16.2. The van der Waals surface area contributed by atoms with Crippen LogP contribution in [0.15, 0.2) is 54.6 Å². The molecule has 0 unspecified atom stereocenters. The van der Waals surface area contributed by atoms with Crippen LogP contribution >= 0.6 is 0 Å². The maximum atomic E-state index is 12.4. The van der Waals surface area contributed by atoms with Gasteiger partial charge in [-0.25, -0.2) is 0 Å². The first-order valence-corrected chi connectivity index (χ1v) is 7.15. The molecular formula is C18H20N2O2. The van der Waals surface area contributed by atoms with Gasteiger partial charge in [-0.3, -0.25) is 9.59 Å². The lowest BCUT2D eigenvalue weighted by Gasteiger charge is -2.24. The quantitative estimate of drug-likeness (QED) is 0.870. The molecule has 0 saturated heterocycles. The molecule has 0 saturated carbocycles. The van der Waals surface area contributed by atoms with Crippen molar-refractivity contribution in [2.24, 2.45) is 0 Å². The number of amides is 2. The summed E-state index contributed by atoms with van der Waals surface area (Å²) in [5.74, 6) is -0.289. The third kappa shape index (κ3) is 3.73. The van der Waals surface area contributed by atoms with Crippen molar-refractivity contribution < 1.29 is 9.59 Å². The van der Waals surface area contributed by atoms with Gasteiger partial charge in [-0.15, -0.1) is 0 Å². The maximum absolute atomic E-state index is 12.4. The van der Waals surface area contributed by atoms with Crippen molar-refractivity contribution in [3.63, 3.8) is 0 Å². The number of rotatable bonds is 4. The van der Waals surface area contributed by atoms with Crippen LogP contribution in [-0.4, -0.2) is 25.4 Å². The summed E-state index contributed by atoms with van der Waals surface area (Å²) in [5, 5.41) is 0. The van der Waals surface area contributed by atoms with Crippen LogP contribution in [0, 0.1) is 6.92 Å². The second-order valence-electron chi connectivity index (χ2n) is 5.23. The topological polar surface area (TPSA) is 40.6 Å². The molecule has 2 rings (SSSR count). The fourth-order valence-electron chi connectivity index (χ4n) is 2.22. The Labute approximate surface area is 131 Å². The zero-order valence-electron chi connectivity index (χ0n) is 13.1. The molecule has 0 aliphatic heterocycles. The third-order valence-electron chi connectivity index (χ3n) is 3.50. The Morgan fingerprint density at radius 3 is 2.18 bits per heavy atom. The number of aryl methyl sites for hydroxylation is 1. The molecule has 0 radical (unpaired) electrons. The Balaban J connectivity index is 2.18. The molecular weight excluding hydrogens is 276 g/mol. The van der Waals surface area contributed by atoms with Gasteiger partial charge in [0.25, 0.3) is 0 Å². The number of anilines is 2. The zero-order chi connectivity index (χ0) is 16.1. The summed E-state index contributed by atoms with van der Waals surface area (Å²) in [6.45, 7) is 3.45. The molecule has 0 heterocycles. The molecule has 2 amide bonds. The molecule has 0 atom stereocenters. The Hall–Kier alpha value is -2.62. The van der Waals surface area contributed by atoms with E-state index in [1.807, 2.05) is 61.5 Å². The summed E-state index contributed by atoms with van der Waals surface area (Å²) in [6, 6.07) is 17.0. The number of nitrogens with zero attached hydrogens (tertiary/aromatic N) is 2. The number of hydrogen-bond donors (Lipinski definition) is 0. The highest BCUT2D eigenvalue weighted by Gasteiger charge is 2.19. The van der Waals surface area contributed by atoms with E-state index in [2.05, 4.69) is 0 Å². The van der Waals surface area contributed by atoms with Crippen LogP contribution in [-0.2, 0) is 9.59 Å². The minimum absolute atomic E-state index is 0.0180. The van der Waals surface area contributed by atoms with E-state index in [0.29, 0.717) is 0 Å². The molecule has 4 heteroatoms. The fourth-order valence-corrected chi connectivity index (χ4v) is 2.22. The average Bonchev–Trinajstić information content (AvgIpc) is 2.52. The van der Waals surface area contributed by atoms with E-state index in [-0.39, 0.29) is 18.4 Å². The van der Waals surface area contributed by atoms with E-state index in [9.17, 15) is 9.59 Å². The zero-order valence-corrected chi connectivity index (χ0v) is 13.1. The van der Waals surface area contributed by atoms with Crippen LogP contribution < -0.4 is 9.80 Å². The largest absolute Gasteiger partial charge is 0.314 e. The van der Waals surface area contributed by atoms with E-state index in [4.69, 9.17) is 0 Å². The number of carbonyl (C=O) groups is 2. The normalized spacial score (nSPS) is 10.1. The van der Waals surface area contributed by atoms with Gasteiger partial charge >= 0.3 is 0 Å². The van der Waals surface area contributed by atoms with Gasteiger partial charge in [-0.2, -0.15) is 0 Å². The molecule has 0 aromatic heterocycles. The Morgan fingerprint density at radius 1 is 0.955 bits per heavy atom. The summed E-state index contributed by atoms with van der Waals surface area (Å²) in [5.41, 5.74) is 2.59. The van der Waals surface area contributed by atoms with Gasteiger partial charge in [-0.1, -0.05) is 30.3 Å². The Kier molecular flexibility index (Phi) is 4.94. The minimum atomic E-state index is -0.152. The van der Waals surface area contributed by atoms with Crippen molar-refractivity contribution in [1.82, 2.24) is 0 Å². The molecule has 0 N–H and O–H groups in total. The standard InChI is InChI=1S/C18H20N2O2/c1-14-8-7-11-17(12-14)20(15(2)21)13-18(22)19(3)16-9-5-4-6-10-16/h4-12H,13H2,1-3H3. The number of likely N-dealkylation sites (N-methyl/N-ethyl adjacent to an activating group) is 1. The molecule has 0 fully saturated rings. The molecule has 0 aliphatic rings. The van der Waals surface area contributed by atoms with E-state index in [1.165, 1.54) is 11.8 Å². The van der Waals surface area contributed by atoms with Crippen LogP contribution in [0.2, 0.25) is 0 Å². The summed E-state index contributed by atoms with van der Waals surface area (Å²) in [6.07, 6.45) is 0. The van der Waals surface area contributed by atoms with Crippen molar-refractivity contribution in [1.29, 1.82) is 0 Å². The molecule has 0 spiro atoms. The van der Waals surface area contributed by atoms with Gasteiger partial charge in [0.15, 0.2) is 0 Å². The van der Waals surface area contributed by atoms with Crippen LogP contribution in [0.4, 0.5) is 11.4 Å². The van der Waals surface area contributed by atoms with Gasteiger partial charge in [-0.05, 0) is 36.8 Å². The SMILES string of the molecule is CC(=O)N(CC(=O)N(C)c1ccccc1)c1cccc(C)c1. The highest BCUT2D eigenvalue weighted by Crippen LogP contribution is 2.17. The summed E-state index contributed by atoms with van der Waals surface area (Å²) in [4.78, 5) is 27.4. The number of hydrogen-bond acceptors (Lipinski definition) is 2. The number of carbonyl (C=O) groups excluding carboxylic acids is 2. The van der Waals surface area contributed by atoms with E-state index in [1.54, 1.807) is 11.9 Å². The molecule has 0 aliphatic carbocycles. The lowest BCUT2D eigenvalue weighted by atomic mass is 10.2. The second kappa shape index (κ2) is 6.89.